The molecule has 0 saturated carbocycles. The smallest absolute Gasteiger partial charge is 0.0456 e. The molecule has 3 heteroatoms. The lowest BCUT2D eigenvalue weighted by molar-refractivity contribution is 1.02. The minimum Gasteiger partial charge on any atom is -0.0884 e. The third-order valence-electron chi connectivity index (χ3n) is 2.31. The lowest BCUT2D eigenvalue weighted by Gasteiger charge is -2.14. The SMILES string of the molecule is ClC1=CCCC(Cl)=C1c1cccc(Cl)c1. The number of rotatable bonds is 1. The van der Waals surface area contributed by atoms with Crippen LogP contribution in [0.4, 0.5) is 0 Å². The van der Waals surface area contributed by atoms with Gasteiger partial charge in [-0.2, -0.15) is 0 Å². The molecule has 0 amide bonds. The van der Waals surface area contributed by atoms with Crippen LogP contribution in [0.15, 0.2) is 40.4 Å². The Morgan fingerprint density at radius 2 is 1.87 bits per heavy atom. The van der Waals surface area contributed by atoms with Crippen LogP contribution < -0.4 is 0 Å². The maximum absolute atomic E-state index is 6.18. The zero-order valence-corrected chi connectivity index (χ0v) is 10.2. The van der Waals surface area contributed by atoms with E-state index in [4.69, 9.17) is 34.8 Å². The molecule has 0 bridgehead atoms. The molecule has 1 aliphatic rings. The summed E-state index contributed by atoms with van der Waals surface area (Å²) in [4.78, 5) is 0. The van der Waals surface area contributed by atoms with Crippen LogP contribution >= 0.6 is 34.8 Å². The van der Waals surface area contributed by atoms with Gasteiger partial charge in [0.2, 0.25) is 0 Å². The predicted molar refractivity (Wildman–Crippen MR) is 67.4 cm³/mol. The Kier molecular flexibility index (Phi) is 3.40. The second-order valence-electron chi connectivity index (χ2n) is 3.38. The molecule has 0 aliphatic heterocycles. The Labute approximate surface area is 104 Å². The van der Waals surface area contributed by atoms with Gasteiger partial charge in [-0.3, -0.25) is 0 Å². The predicted octanol–water partition coefficient (Wildman–Crippen LogP) is 5.21. The molecule has 0 nitrogen and oxygen atoms in total. The quantitative estimate of drug-likeness (QED) is 0.650. The van der Waals surface area contributed by atoms with Crippen molar-refractivity contribution in [1.29, 1.82) is 0 Å². The normalized spacial score (nSPS) is 16.6. The fraction of sp³-hybridized carbons (Fsp3) is 0.167. The average molecular weight is 260 g/mol. The molecule has 0 N–H and O–H groups in total. The molecule has 0 fully saturated rings. The van der Waals surface area contributed by atoms with Crippen molar-refractivity contribution in [2.45, 2.75) is 12.8 Å². The van der Waals surface area contributed by atoms with Gasteiger partial charge in [0.05, 0.1) is 0 Å². The minimum atomic E-state index is 0.694. The first-order valence-corrected chi connectivity index (χ1v) is 5.82. The van der Waals surface area contributed by atoms with Crippen LogP contribution in [0, 0.1) is 0 Å². The maximum atomic E-state index is 6.18. The molecule has 1 aromatic carbocycles. The van der Waals surface area contributed by atoms with Crippen LogP contribution in [-0.2, 0) is 0 Å². The molecule has 78 valence electrons. The molecule has 0 atom stereocenters. The van der Waals surface area contributed by atoms with Crippen LogP contribution in [0.1, 0.15) is 18.4 Å². The van der Waals surface area contributed by atoms with Crippen molar-refractivity contribution < 1.29 is 0 Å². The summed E-state index contributed by atoms with van der Waals surface area (Å²) >= 11 is 18.2. The van der Waals surface area contributed by atoms with Gasteiger partial charge in [-0.15, -0.1) is 0 Å². The summed E-state index contributed by atoms with van der Waals surface area (Å²) in [6.45, 7) is 0. The van der Waals surface area contributed by atoms with E-state index in [2.05, 4.69) is 0 Å². The molecule has 0 unspecified atom stereocenters. The summed E-state index contributed by atoms with van der Waals surface area (Å²) in [5.41, 5.74) is 1.89. The molecule has 0 spiro atoms. The van der Waals surface area contributed by atoms with Gasteiger partial charge in [0.15, 0.2) is 0 Å². The number of hydrogen-bond donors (Lipinski definition) is 0. The molecule has 1 aromatic rings. The van der Waals surface area contributed by atoms with Crippen LogP contribution in [0.25, 0.3) is 5.57 Å². The topological polar surface area (TPSA) is 0 Å². The van der Waals surface area contributed by atoms with E-state index in [1.165, 1.54) is 0 Å². The van der Waals surface area contributed by atoms with Gasteiger partial charge >= 0.3 is 0 Å². The molecule has 0 radical (unpaired) electrons. The summed E-state index contributed by atoms with van der Waals surface area (Å²) < 4.78 is 0. The molecular formula is C12H9Cl3. The van der Waals surface area contributed by atoms with Crippen LogP contribution in [0.5, 0.6) is 0 Å². The fourth-order valence-corrected chi connectivity index (χ4v) is 2.51. The van der Waals surface area contributed by atoms with E-state index >= 15 is 0 Å². The standard InChI is InChI=1S/C12H9Cl3/c13-9-4-1-3-8(7-9)12-10(14)5-2-6-11(12)15/h1,3-5,7H,2,6H2. The number of allylic oxidation sites excluding steroid dienone is 4. The van der Waals surface area contributed by atoms with E-state index in [1.807, 2.05) is 30.3 Å². The van der Waals surface area contributed by atoms with E-state index in [0.29, 0.717) is 10.1 Å². The Morgan fingerprint density at radius 1 is 1.07 bits per heavy atom. The summed E-state index contributed by atoms with van der Waals surface area (Å²) in [6.07, 6.45) is 3.74. The van der Waals surface area contributed by atoms with Crippen LogP contribution in [0.3, 0.4) is 0 Å². The van der Waals surface area contributed by atoms with Gasteiger partial charge in [-0.25, -0.2) is 0 Å². The van der Waals surface area contributed by atoms with E-state index in [9.17, 15) is 0 Å². The lowest BCUT2D eigenvalue weighted by atomic mass is 9.99. The van der Waals surface area contributed by atoms with Gasteiger partial charge < -0.3 is 0 Å². The summed E-state index contributed by atoms with van der Waals surface area (Å²) in [7, 11) is 0. The van der Waals surface area contributed by atoms with Crippen molar-refractivity contribution in [2.24, 2.45) is 0 Å². The Bertz CT molecular complexity index is 444. The second-order valence-corrected chi connectivity index (χ2v) is 4.68. The molecule has 0 heterocycles. The highest BCUT2D eigenvalue weighted by Gasteiger charge is 2.15. The van der Waals surface area contributed by atoms with E-state index in [1.54, 1.807) is 0 Å². The van der Waals surface area contributed by atoms with Crippen LogP contribution in [-0.4, -0.2) is 0 Å². The second kappa shape index (κ2) is 4.61. The summed E-state index contributed by atoms with van der Waals surface area (Å²) in [5.74, 6) is 0. The highest BCUT2D eigenvalue weighted by molar-refractivity contribution is 6.42. The highest BCUT2D eigenvalue weighted by atomic mass is 35.5. The van der Waals surface area contributed by atoms with E-state index in [-0.39, 0.29) is 0 Å². The number of hydrogen-bond acceptors (Lipinski definition) is 0. The van der Waals surface area contributed by atoms with Gasteiger partial charge in [0, 0.05) is 20.7 Å². The van der Waals surface area contributed by atoms with Gasteiger partial charge in [-0.05, 0) is 30.5 Å². The molecule has 1 aliphatic carbocycles. The summed E-state index contributed by atoms with van der Waals surface area (Å²) in [6, 6.07) is 7.57. The van der Waals surface area contributed by atoms with E-state index < -0.39 is 0 Å². The Balaban J connectivity index is 2.50. The third-order valence-corrected chi connectivity index (χ3v) is 3.27. The van der Waals surface area contributed by atoms with Crippen molar-refractivity contribution in [3.8, 4) is 0 Å². The zero-order valence-electron chi connectivity index (χ0n) is 7.93. The molecule has 15 heavy (non-hydrogen) atoms. The van der Waals surface area contributed by atoms with Gasteiger partial charge in [0.1, 0.15) is 0 Å². The molecule has 0 saturated heterocycles. The monoisotopic (exact) mass is 258 g/mol. The van der Waals surface area contributed by atoms with Crippen LogP contribution in [0.2, 0.25) is 5.02 Å². The van der Waals surface area contributed by atoms with Crippen molar-refractivity contribution in [3.05, 3.63) is 51.0 Å². The van der Waals surface area contributed by atoms with Crippen molar-refractivity contribution >= 4 is 40.4 Å². The number of benzene rings is 1. The average Bonchev–Trinajstić information content (AvgIpc) is 2.17. The summed E-state index contributed by atoms with van der Waals surface area (Å²) in [5, 5.41) is 2.22. The maximum Gasteiger partial charge on any atom is 0.0456 e. The first kappa shape index (κ1) is 11.1. The number of halogens is 3. The lowest BCUT2D eigenvalue weighted by Crippen LogP contribution is -1.93. The third kappa shape index (κ3) is 2.39. The van der Waals surface area contributed by atoms with Crippen molar-refractivity contribution in [2.75, 3.05) is 0 Å². The molecular weight excluding hydrogens is 250 g/mol. The van der Waals surface area contributed by atoms with Crippen molar-refractivity contribution in [3.63, 3.8) is 0 Å². The van der Waals surface area contributed by atoms with E-state index in [0.717, 1.165) is 29.0 Å². The Hall–Kier alpha value is -0.430. The van der Waals surface area contributed by atoms with Gasteiger partial charge in [-0.1, -0.05) is 53.0 Å². The van der Waals surface area contributed by atoms with Gasteiger partial charge in [0.25, 0.3) is 0 Å². The molecule has 2 rings (SSSR count). The highest BCUT2D eigenvalue weighted by Crippen LogP contribution is 2.37. The fourth-order valence-electron chi connectivity index (χ4n) is 1.62. The largest absolute Gasteiger partial charge is 0.0884 e. The Morgan fingerprint density at radius 3 is 2.53 bits per heavy atom. The minimum absolute atomic E-state index is 0.694. The van der Waals surface area contributed by atoms with Crippen molar-refractivity contribution in [1.82, 2.24) is 0 Å². The first-order valence-electron chi connectivity index (χ1n) is 4.69. The first-order chi connectivity index (χ1) is 7.18. The zero-order chi connectivity index (χ0) is 10.8. The molecule has 0 aromatic heterocycles.